The maximum atomic E-state index is 13.5. The largest absolute Gasteiger partial charge is 0.453 e. The fourth-order valence-electron chi connectivity index (χ4n) is 2.42. The molecule has 0 aromatic heterocycles. The van der Waals surface area contributed by atoms with Crippen LogP contribution in [0.3, 0.4) is 0 Å². The van der Waals surface area contributed by atoms with Gasteiger partial charge in [0.25, 0.3) is 5.91 Å². The lowest BCUT2D eigenvalue weighted by Gasteiger charge is -2.15. The topological polar surface area (TPSA) is 89.5 Å². The zero-order valence-electron chi connectivity index (χ0n) is 13.2. The number of carbonyl (C=O) groups is 2. The Morgan fingerprint density at radius 1 is 1.28 bits per heavy atom. The second-order valence-corrected chi connectivity index (χ2v) is 8.05. The van der Waals surface area contributed by atoms with Crippen molar-refractivity contribution in [3.05, 3.63) is 29.6 Å². The molecule has 2 rings (SSSR count). The normalized spacial score (nSPS) is 20.1. The average Bonchev–Trinajstić information content (AvgIpc) is 2.86. The summed E-state index contributed by atoms with van der Waals surface area (Å²) in [6.45, 7) is 1.22. The molecule has 10 heteroatoms. The number of hydrogen-bond donors (Lipinski definition) is 1. The van der Waals surface area contributed by atoms with Gasteiger partial charge in [-0.25, -0.2) is 21.6 Å². The van der Waals surface area contributed by atoms with Gasteiger partial charge in [-0.05, 0) is 31.4 Å². The number of halogens is 3. The standard InChI is InChI=1S/C15H16F3NO5S/c1-8(24-12(20)6-9-4-5-25(22,23)7-9)15(21)19-11-3-2-10(16)13(17)14(11)18/h2-3,8-9H,4-7H2,1H3,(H,19,21)/t8-,9+/m0/s1. The van der Waals surface area contributed by atoms with E-state index in [1.54, 1.807) is 0 Å². The van der Waals surface area contributed by atoms with Gasteiger partial charge in [0.05, 0.1) is 17.2 Å². The smallest absolute Gasteiger partial charge is 0.306 e. The Morgan fingerprint density at radius 2 is 1.96 bits per heavy atom. The van der Waals surface area contributed by atoms with Crippen LogP contribution in [-0.2, 0) is 24.2 Å². The van der Waals surface area contributed by atoms with Crippen LogP contribution in [0.5, 0.6) is 0 Å². The second-order valence-electron chi connectivity index (χ2n) is 5.82. The van der Waals surface area contributed by atoms with E-state index in [1.165, 1.54) is 6.92 Å². The van der Waals surface area contributed by atoms with Crippen LogP contribution < -0.4 is 5.32 Å². The monoisotopic (exact) mass is 379 g/mol. The van der Waals surface area contributed by atoms with Gasteiger partial charge in [-0.15, -0.1) is 0 Å². The molecule has 1 heterocycles. The number of sulfone groups is 1. The van der Waals surface area contributed by atoms with Crippen LogP contribution >= 0.6 is 0 Å². The third-order valence-corrected chi connectivity index (χ3v) is 5.59. The quantitative estimate of drug-likeness (QED) is 0.622. The summed E-state index contributed by atoms with van der Waals surface area (Å²) in [6, 6.07) is 1.48. The molecular weight excluding hydrogens is 363 g/mol. The Morgan fingerprint density at radius 3 is 2.56 bits per heavy atom. The summed E-state index contributed by atoms with van der Waals surface area (Å²) in [5, 5.41) is 2.00. The number of esters is 1. The van der Waals surface area contributed by atoms with Crippen LogP contribution in [-0.4, -0.2) is 37.9 Å². The third-order valence-electron chi connectivity index (χ3n) is 3.75. The van der Waals surface area contributed by atoms with E-state index in [4.69, 9.17) is 4.74 Å². The van der Waals surface area contributed by atoms with Crippen molar-refractivity contribution in [1.82, 2.24) is 0 Å². The van der Waals surface area contributed by atoms with E-state index in [0.717, 1.165) is 6.07 Å². The van der Waals surface area contributed by atoms with Gasteiger partial charge in [0, 0.05) is 6.42 Å². The van der Waals surface area contributed by atoms with E-state index in [-0.39, 0.29) is 23.8 Å². The Labute approximate surface area is 142 Å². The first-order valence-electron chi connectivity index (χ1n) is 7.43. The molecule has 0 spiro atoms. The number of nitrogens with one attached hydrogen (secondary N) is 1. The SMILES string of the molecule is C[C@H](OC(=O)C[C@H]1CCS(=O)(=O)C1)C(=O)Nc1ccc(F)c(F)c1F. The highest BCUT2D eigenvalue weighted by Crippen LogP contribution is 2.23. The summed E-state index contributed by atoms with van der Waals surface area (Å²) >= 11 is 0. The van der Waals surface area contributed by atoms with E-state index in [0.29, 0.717) is 12.5 Å². The summed E-state index contributed by atoms with van der Waals surface area (Å²) in [5.74, 6) is -6.86. The molecule has 6 nitrogen and oxygen atoms in total. The first-order valence-corrected chi connectivity index (χ1v) is 9.25. The number of amides is 1. The van der Waals surface area contributed by atoms with Crippen molar-refractivity contribution in [2.75, 3.05) is 16.8 Å². The zero-order valence-corrected chi connectivity index (χ0v) is 14.0. The van der Waals surface area contributed by atoms with Crippen molar-refractivity contribution >= 4 is 27.4 Å². The molecule has 0 bridgehead atoms. The minimum Gasteiger partial charge on any atom is -0.453 e. The van der Waals surface area contributed by atoms with Crippen LogP contribution in [0.25, 0.3) is 0 Å². The first kappa shape index (κ1) is 19.2. The first-order chi connectivity index (χ1) is 11.6. The highest BCUT2D eigenvalue weighted by molar-refractivity contribution is 7.91. The van der Waals surface area contributed by atoms with E-state index in [1.807, 2.05) is 5.32 Å². The van der Waals surface area contributed by atoms with Crippen molar-refractivity contribution in [1.29, 1.82) is 0 Å². The summed E-state index contributed by atoms with van der Waals surface area (Å²) in [4.78, 5) is 23.6. The van der Waals surface area contributed by atoms with Crippen LogP contribution in [0.1, 0.15) is 19.8 Å². The maximum absolute atomic E-state index is 13.5. The molecule has 1 saturated heterocycles. The lowest BCUT2D eigenvalue weighted by atomic mass is 10.1. The molecule has 1 aliphatic rings. The van der Waals surface area contributed by atoms with Crippen LogP contribution in [0, 0.1) is 23.4 Å². The Kier molecular flexibility index (Phi) is 5.71. The van der Waals surface area contributed by atoms with Gasteiger partial charge in [0.15, 0.2) is 33.4 Å². The van der Waals surface area contributed by atoms with Gasteiger partial charge < -0.3 is 10.1 Å². The van der Waals surface area contributed by atoms with Crippen molar-refractivity contribution in [3.8, 4) is 0 Å². The number of carbonyl (C=O) groups excluding carboxylic acids is 2. The van der Waals surface area contributed by atoms with Crippen molar-refractivity contribution in [2.24, 2.45) is 5.92 Å². The molecule has 0 unspecified atom stereocenters. The van der Waals surface area contributed by atoms with E-state index >= 15 is 0 Å². The molecule has 1 aliphatic heterocycles. The molecule has 1 N–H and O–H groups in total. The Hall–Kier alpha value is -2.10. The van der Waals surface area contributed by atoms with Gasteiger partial charge >= 0.3 is 5.97 Å². The second kappa shape index (κ2) is 7.42. The van der Waals surface area contributed by atoms with Crippen LogP contribution in [0.15, 0.2) is 12.1 Å². The molecule has 1 aromatic rings. The minimum atomic E-state index is -3.13. The predicted molar refractivity (Wildman–Crippen MR) is 81.9 cm³/mol. The molecule has 1 aromatic carbocycles. The fraction of sp³-hybridized carbons (Fsp3) is 0.467. The highest BCUT2D eigenvalue weighted by Gasteiger charge is 2.31. The zero-order chi connectivity index (χ0) is 18.8. The molecule has 0 saturated carbocycles. The summed E-state index contributed by atoms with van der Waals surface area (Å²) < 4.78 is 67.0. The van der Waals surface area contributed by atoms with Gasteiger partial charge in [-0.2, -0.15) is 0 Å². The molecule has 2 atom stereocenters. The van der Waals surface area contributed by atoms with Gasteiger partial charge in [0.1, 0.15) is 0 Å². The van der Waals surface area contributed by atoms with Gasteiger partial charge in [-0.1, -0.05) is 0 Å². The maximum Gasteiger partial charge on any atom is 0.306 e. The van der Waals surface area contributed by atoms with Crippen molar-refractivity contribution in [3.63, 3.8) is 0 Å². The molecular formula is C15H16F3NO5S. The number of benzene rings is 1. The lowest BCUT2D eigenvalue weighted by Crippen LogP contribution is -2.31. The number of anilines is 1. The van der Waals surface area contributed by atoms with E-state index in [2.05, 4.69) is 0 Å². The molecule has 0 aliphatic carbocycles. The van der Waals surface area contributed by atoms with E-state index < -0.39 is 51.0 Å². The predicted octanol–water partition coefficient (Wildman–Crippen LogP) is 1.80. The summed E-state index contributed by atoms with van der Waals surface area (Å²) in [6.07, 6.45) is -1.13. The number of rotatable bonds is 5. The highest BCUT2D eigenvalue weighted by atomic mass is 32.2. The summed E-state index contributed by atoms with van der Waals surface area (Å²) in [5.41, 5.74) is -0.589. The molecule has 0 radical (unpaired) electrons. The van der Waals surface area contributed by atoms with Gasteiger partial charge in [-0.3, -0.25) is 9.59 Å². The van der Waals surface area contributed by atoms with E-state index in [9.17, 15) is 31.2 Å². The minimum absolute atomic E-state index is 0.0103. The lowest BCUT2D eigenvalue weighted by molar-refractivity contribution is -0.153. The third kappa shape index (κ3) is 4.94. The van der Waals surface area contributed by atoms with Crippen molar-refractivity contribution in [2.45, 2.75) is 25.9 Å². The average molecular weight is 379 g/mol. The molecule has 138 valence electrons. The Bertz CT molecular complexity index is 797. The number of hydrogen-bond acceptors (Lipinski definition) is 5. The molecule has 1 amide bonds. The van der Waals surface area contributed by atoms with Crippen LogP contribution in [0.4, 0.5) is 18.9 Å². The Balaban J connectivity index is 1.90. The molecule has 25 heavy (non-hydrogen) atoms. The summed E-state index contributed by atoms with van der Waals surface area (Å²) in [7, 11) is -3.13. The van der Waals surface area contributed by atoms with Crippen molar-refractivity contribution < 1.29 is 35.9 Å². The number of ether oxygens (including phenoxy) is 1. The van der Waals surface area contributed by atoms with Crippen LogP contribution in [0.2, 0.25) is 0 Å². The fourth-order valence-corrected chi connectivity index (χ4v) is 4.29. The van der Waals surface area contributed by atoms with Gasteiger partial charge in [0.2, 0.25) is 0 Å². The molecule has 1 fully saturated rings.